The number of hydrogen-bond acceptors (Lipinski definition) is 4. The molecule has 0 bridgehead atoms. The van der Waals surface area contributed by atoms with Crippen LogP contribution >= 0.6 is 0 Å². The Morgan fingerprint density at radius 1 is 1.26 bits per heavy atom. The first-order chi connectivity index (χ1) is 9.25. The SMILES string of the molecule is Nc1ccc(OCCCS(=O)C2CCOCC2)cc1. The molecule has 0 aromatic heterocycles. The van der Waals surface area contributed by atoms with Crippen LogP contribution in [0.25, 0.3) is 0 Å². The molecule has 2 N–H and O–H groups in total. The molecule has 0 spiro atoms. The molecule has 5 heteroatoms. The molecule has 1 fully saturated rings. The van der Waals surface area contributed by atoms with E-state index >= 15 is 0 Å². The highest BCUT2D eigenvalue weighted by Gasteiger charge is 2.19. The van der Waals surface area contributed by atoms with Crippen molar-refractivity contribution < 1.29 is 13.7 Å². The van der Waals surface area contributed by atoms with Crippen LogP contribution in [-0.4, -0.2) is 35.0 Å². The third-order valence-electron chi connectivity index (χ3n) is 3.18. The Bertz CT molecular complexity index is 402. The highest BCUT2D eigenvalue weighted by atomic mass is 32.2. The number of anilines is 1. The zero-order valence-electron chi connectivity index (χ0n) is 11.0. The maximum atomic E-state index is 12.0. The Labute approximate surface area is 116 Å². The summed E-state index contributed by atoms with van der Waals surface area (Å²) < 4.78 is 22.9. The molecule has 19 heavy (non-hydrogen) atoms. The predicted molar refractivity (Wildman–Crippen MR) is 77.8 cm³/mol. The van der Waals surface area contributed by atoms with E-state index in [0.717, 1.165) is 43.9 Å². The van der Waals surface area contributed by atoms with E-state index in [1.54, 1.807) is 0 Å². The lowest BCUT2D eigenvalue weighted by atomic mass is 10.2. The van der Waals surface area contributed by atoms with Crippen LogP contribution in [0.5, 0.6) is 5.75 Å². The third kappa shape index (κ3) is 4.84. The first-order valence-electron chi connectivity index (χ1n) is 6.69. The minimum atomic E-state index is -0.748. The topological polar surface area (TPSA) is 61.5 Å². The number of nitrogen functional groups attached to an aromatic ring is 1. The quantitative estimate of drug-likeness (QED) is 0.640. The summed E-state index contributed by atoms with van der Waals surface area (Å²) in [6.45, 7) is 2.09. The number of nitrogens with two attached hydrogens (primary N) is 1. The average molecular weight is 283 g/mol. The summed E-state index contributed by atoms with van der Waals surface area (Å²) in [6.07, 6.45) is 2.66. The smallest absolute Gasteiger partial charge is 0.119 e. The van der Waals surface area contributed by atoms with Crippen LogP contribution < -0.4 is 10.5 Å². The van der Waals surface area contributed by atoms with Gasteiger partial charge >= 0.3 is 0 Å². The van der Waals surface area contributed by atoms with E-state index in [2.05, 4.69) is 0 Å². The maximum absolute atomic E-state index is 12.0. The summed E-state index contributed by atoms with van der Waals surface area (Å²) in [4.78, 5) is 0. The molecule has 2 rings (SSSR count). The summed E-state index contributed by atoms with van der Waals surface area (Å²) >= 11 is 0. The largest absolute Gasteiger partial charge is 0.494 e. The monoisotopic (exact) mass is 283 g/mol. The molecule has 106 valence electrons. The van der Waals surface area contributed by atoms with Gasteiger partial charge in [-0.2, -0.15) is 0 Å². The highest BCUT2D eigenvalue weighted by molar-refractivity contribution is 7.85. The molecule has 1 aliphatic rings. The molecule has 1 aromatic carbocycles. The number of hydrogen-bond donors (Lipinski definition) is 1. The van der Waals surface area contributed by atoms with Crippen LogP contribution in [0.4, 0.5) is 5.69 Å². The molecular weight excluding hydrogens is 262 g/mol. The molecule has 1 heterocycles. The summed E-state index contributed by atoms with van der Waals surface area (Å²) in [7, 11) is -0.748. The van der Waals surface area contributed by atoms with E-state index in [1.807, 2.05) is 24.3 Å². The summed E-state index contributed by atoms with van der Waals surface area (Å²) in [6, 6.07) is 7.33. The van der Waals surface area contributed by atoms with Crippen LogP contribution in [-0.2, 0) is 15.5 Å². The normalized spacial score (nSPS) is 18.1. The average Bonchev–Trinajstić information content (AvgIpc) is 2.46. The zero-order chi connectivity index (χ0) is 13.5. The third-order valence-corrected chi connectivity index (χ3v) is 5.08. The van der Waals surface area contributed by atoms with Gasteiger partial charge in [0, 0.05) is 40.7 Å². The lowest BCUT2D eigenvalue weighted by Gasteiger charge is -2.21. The first-order valence-corrected chi connectivity index (χ1v) is 8.07. The van der Waals surface area contributed by atoms with E-state index in [4.69, 9.17) is 15.2 Å². The number of ether oxygens (including phenoxy) is 2. The van der Waals surface area contributed by atoms with Gasteiger partial charge in [0.1, 0.15) is 5.75 Å². The van der Waals surface area contributed by atoms with Crippen molar-refractivity contribution in [1.29, 1.82) is 0 Å². The van der Waals surface area contributed by atoms with Gasteiger partial charge in [-0.1, -0.05) is 0 Å². The lowest BCUT2D eigenvalue weighted by Crippen LogP contribution is -2.26. The minimum absolute atomic E-state index is 0.310. The standard InChI is InChI=1S/C14H21NO3S/c15-12-2-4-13(5-3-12)18-8-1-11-19(16)14-6-9-17-10-7-14/h2-5,14H,1,6-11,15H2. The number of rotatable bonds is 6. The van der Waals surface area contributed by atoms with Gasteiger partial charge in [0.05, 0.1) is 6.61 Å². The van der Waals surface area contributed by atoms with Crippen molar-refractivity contribution in [3.8, 4) is 5.75 Å². The first kappa shape index (κ1) is 14.3. The van der Waals surface area contributed by atoms with Gasteiger partial charge in [-0.15, -0.1) is 0 Å². The summed E-state index contributed by atoms with van der Waals surface area (Å²) in [5, 5.41) is 0.310. The van der Waals surface area contributed by atoms with Gasteiger partial charge in [0.2, 0.25) is 0 Å². The van der Waals surface area contributed by atoms with Crippen LogP contribution in [0.15, 0.2) is 24.3 Å². The van der Waals surface area contributed by atoms with Crippen molar-refractivity contribution in [3.05, 3.63) is 24.3 Å². The fourth-order valence-corrected chi connectivity index (χ4v) is 3.51. The Kier molecular flexibility index (Phi) is 5.66. The summed E-state index contributed by atoms with van der Waals surface area (Å²) in [5.41, 5.74) is 6.33. The second kappa shape index (κ2) is 7.50. The molecule has 1 unspecified atom stereocenters. The zero-order valence-corrected chi connectivity index (χ0v) is 11.9. The molecule has 1 saturated heterocycles. The second-order valence-corrected chi connectivity index (χ2v) is 6.50. The molecule has 1 atom stereocenters. The Morgan fingerprint density at radius 2 is 1.95 bits per heavy atom. The van der Waals surface area contributed by atoms with E-state index in [0.29, 0.717) is 17.6 Å². The van der Waals surface area contributed by atoms with E-state index in [-0.39, 0.29) is 0 Å². The molecule has 4 nitrogen and oxygen atoms in total. The van der Waals surface area contributed by atoms with Crippen molar-refractivity contribution in [2.24, 2.45) is 0 Å². The fraction of sp³-hybridized carbons (Fsp3) is 0.571. The molecule has 1 aromatic rings. The van der Waals surface area contributed by atoms with Crippen LogP contribution in [0.1, 0.15) is 19.3 Å². The number of benzene rings is 1. The van der Waals surface area contributed by atoms with Gasteiger partial charge in [0.15, 0.2) is 0 Å². The van der Waals surface area contributed by atoms with Crippen molar-refractivity contribution in [1.82, 2.24) is 0 Å². The highest BCUT2D eigenvalue weighted by Crippen LogP contribution is 2.15. The van der Waals surface area contributed by atoms with E-state index in [1.165, 1.54) is 0 Å². The molecular formula is C14H21NO3S. The maximum Gasteiger partial charge on any atom is 0.119 e. The molecule has 0 saturated carbocycles. The Hall–Kier alpha value is -1.07. The van der Waals surface area contributed by atoms with Gasteiger partial charge in [-0.3, -0.25) is 4.21 Å². The van der Waals surface area contributed by atoms with Gasteiger partial charge in [-0.25, -0.2) is 0 Å². The lowest BCUT2D eigenvalue weighted by molar-refractivity contribution is 0.0992. The van der Waals surface area contributed by atoms with Gasteiger partial charge < -0.3 is 15.2 Å². The van der Waals surface area contributed by atoms with Crippen molar-refractivity contribution in [2.75, 3.05) is 31.3 Å². The molecule has 1 aliphatic heterocycles. The molecule has 0 amide bonds. The predicted octanol–water partition coefficient (Wildman–Crippen LogP) is 1.97. The van der Waals surface area contributed by atoms with Crippen molar-refractivity contribution in [3.63, 3.8) is 0 Å². The Morgan fingerprint density at radius 3 is 2.63 bits per heavy atom. The van der Waals surface area contributed by atoms with E-state index < -0.39 is 10.8 Å². The second-order valence-electron chi connectivity index (χ2n) is 4.67. The van der Waals surface area contributed by atoms with Crippen LogP contribution in [0, 0.1) is 0 Å². The molecule has 0 radical (unpaired) electrons. The Balaban J connectivity index is 1.63. The van der Waals surface area contributed by atoms with Gasteiger partial charge in [-0.05, 0) is 43.5 Å². The van der Waals surface area contributed by atoms with E-state index in [9.17, 15) is 4.21 Å². The van der Waals surface area contributed by atoms with Crippen LogP contribution in [0.2, 0.25) is 0 Å². The van der Waals surface area contributed by atoms with Crippen LogP contribution in [0.3, 0.4) is 0 Å². The van der Waals surface area contributed by atoms with Gasteiger partial charge in [0.25, 0.3) is 0 Å². The van der Waals surface area contributed by atoms with Crippen molar-refractivity contribution >= 4 is 16.5 Å². The van der Waals surface area contributed by atoms with Crippen molar-refractivity contribution in [2.45, 2.75) is 24.5 Å². The minimum Gasteiger partial charge on any atom is -0.494 e. The summed E-state index contributed by atoms with van der Waals surface area (Å²) in [5.74, 6) is 1.52. The molecule has 0 aliphatic carbocycles. The fourth-order valence-electron chi connectivity index (χ4n) is 2.06.